The van der Waals surface area contributed by atoms with E-state index in [0.717, 1.165) is 25.0 Å². The van der Waals surface area contributed by atoms with Gasteiger partial charge in [-0.1, -0.05) is 50.8 Å². The minimum atomic E-state index is -4.51. The number of ether oxygens (including phenoxy) is 1. The highest BCUT2D eigenvalue weighted by atomic mass is 19.4. The number of benzene rings is 3. The summed E-state index contributed by atoms with van der Waals surface area (Å²) < 4.78 is 44.6. The van der Waals surface area contributed by atoms with Gasteiger partial charge in [-0.05, 0) is 55.0 Å². The highest BCUT2D eigenvalue weighted by Crippen LogP contribution is 2.30. The fourth-order valence-electron chi connectivity index (χ4n) is 3.69. The number of rotatable bonds is 13. The summed E-state index contributed by atoms with van der Waals surface area (Å²) in [4.78, 5) is 25.0. The molecular weight excluding hydrogens is 495 g/mol. The van der Waals surface area contributed by atoms with Crippen molar-refractivity contribution in [3.63, 3.8) is 0 Å². The lowest BCUT2D eigenvalue weighted by atomic mass is 10.1. The Morgan fingerprint density at radius 2 is 1.47 bits per heavy atom. The summed E-state index contributed by atoms with van der Waals surface area (Å²) in [5.41, 5.74) is 0.528. The van der Waals surface area contributed by atoms with Crippen LogP contribution < -0.4 is 20.7 Å². The van der Waals surface area contributed by atoms with Gasteiger partial charge in [0.25, 0.3) is 5.91 Å². The molecule has 0 aliphatic rings. The molecule has 9 heteroatoms. The number of hydrogen-bond acceptors (Lipinski definition) is 4. The molecule has 0 fully saturated rings. The highest BCUT2D eigenvalue weighted by molar-refractivity contribution is 6.05. The number of unbranched alkanes of at least 4 members (excludes halogenated alkanes) is 4. The van der Waals surface area contributed by atoms with Crippen molar-refractivity contribution in [1.29, 1.82) is 0 Å². The largest absolute Gasteiger partial charge is 0.494 e. The summed E-state index contributed by atoms with van der Waals surface area (Å²) in [6.07, 6.45) is 1.23. The van der Waals surface area contributed by atoms with Crippen LogP contribution in [0.1, 0.15) is 54.9 Å². The molecule has 3 rings (SSSR count). The number of hydrogen-bond donors (Lipinski definition) is 3. The fraction of sp³-hybridized carbons (Fsp3) is 0.310. The predicted octanol–water partition coefficient (Wildman–Crippen LogP) is 7.36. The van der Waals surface area contributed by atoms with E-state index in [-0.39, 0.29) is 23.7 Å². The molecule has 0 saturated heterocycles. The van der Waals surface area contributed by atoms with Gasteiger partial charge in [-0.3, -0.25) is 9.59 Å². The van der Waals surface area contributed by atoms with Crippen molar-refractivity contribution in [3.05, 3.63) is 83.9 Å². The van der Waals surface area contributed by atoms with Crippen molar-refractivity contribution in [2.45, 2.75) is 45.2 Å². The molecule has 2 amide bonds. The van der Waals surface area contributed by atoms with Gasteiger partial charge in [0.1, 0.15) is 5.75 Å². The van der Waals surface area contributed by atoms with Gasteiger partial charge in [0.05, 0.1) is 18.7 Å². The molecule has 3 aromatic rings. The lowest BCUT2D eigenvalue weighted by molar-refractivity contribution is -0.137. The Bertz CT molecular complexity index is 1210. The Hall–Kier alpha value is -4.01. The van der Waals surface area contributed by atoms with Crippen LogP contribution >= 0.6 is 0 Å². The summed E-state index contributed by atoms with van der Waals surface area (Å²) in [7, 11) is 0. The number of halogens is 3. The average Bonchev–Trinajstić information content (AvgIpc) is 2.89. The van der Waals surface area contributed by atoms with Crippen LogP contribution in [-0.2, 0) is 11.0 Å². The van der Waals surface area contributed by atoms with Crippen molar-refractivity contribution < 1.29 is 27.5 Å². The molecule has 6 nitrogen and oxygen atoms in total. The predicted molar refractivity (Wildman–Crippen MR) is 144 cm³/mol. The van der Waals surface area contributed by atoms with Gasteiger partial charge in [0.2, 0.25) is 5.91 Å². The number of carbonyl (C=O) groups excluding carboxylic acids is 2. The second-order valence-corrected chi connectivity index (χ2v) is 8.81. The molecule has 0 bridgehead atoms. The van der Waals surface area contributed by atoms with E-state index < -0.39 is 17.6 Å². The zero-order valence-corrected chi connectivity index (χ0v) is 21.2. The van der Waals surface area contributed by atoms with Crippen molar-refractivity contribution in [1.82, 2.24) is 0 Å². The minimum absolute atomic E-state index is 0.0327. The Balaban J connectivity index is 1.49. The first-order chi connectivity index (χ1) is 18.2. The SMILES string of the molecule is CCCCCCCOc1cccc(NC(=O)CNc2cccc(C(=O)Nc3cccc(C(F)(F)F)c3)c2)c1. The van der Waals surface area contributed by atoms with Crippen molar-refractivity contribution >= 4 is 28.9 Å². The minimum Gasteiger partial charge on any atom is -0.494 e. The average molecular weight is 528 g/mol. The Morgan fingerprint density at radius 1 is 0.789 bits per heavy atom. The Labute approximate surface area is 220 Å². The topological polar surface area (TPSA) is 79.5 Å². The maximum atomic E-state index is 12.9. The zero-order valence-electron chi connectivity index (χ0n) is 21.2. The highest BCUT2D eigenvalue weighted by Gasteiger charge is 2.30. The maximum absolute atomic E-state index is 12.9. The molecular formula is C29H32F3N3O3. The lowest BCUT2D eigenvalue weighted by Gasteiger charge is -2.12. The van der Waals surface area contributed by atoms with Gasteiger partial charge in [-0.15, -0.1) is 0 Å². The molecule has 3 N–H and O–H groups in total. The van der Waals surface area contributed by atoms with E-state index >= 15 is 0 Å². The first-order valence-corrected chi connectivity index (χ1v) is 12.6. The first-order valence-electron chi connectivity index (χ1n) is 12.6. The Kier molecular flexibility index (Phi) is 10.6. The van der Waals surface area contributed by atoms with Gasteiger partial charge < -0.3 is 20.7 Å². The fourth-order valence-corrected chi connectivity index (χ4v) is 3.69. The van der Waals surface area contributed by atoms with Crippen molar-refractivity contribution in [2.75, 3.05) is 29.1 Å². The van der Waals surface area contributed by atoms with Crippen LogP contribution in [0, 0.1) is 0 Å². The van der Waals surface area contributed by atoms with Crippen LogP contribution in [0.2, 0.25) is 0 Å². The molecule has 202 valence electrons. The first kappa shape index (κ1) is 28.6. The summed E-state index contributed by atoms with van der Waals surface area (Å²) in [6, 6.07) is 18.0. The van der Waals surface area contributed by atoms with Gasteiger partial charge in [0, 0.05) is 28.7 Å². The van der Waals surface area contributed by atoms with Crippen LogP contribution in [0.25, 0.3) is 0 Å². The molecule has 0 radical (unpaired) electrons. The molecule has 0 unspecified atom stereocenters. The van der Waals surface area contributed by atoms with E-state index in [4.69, 9.17) is 4.74 Å². The summed E-state index contributed by atoms with van der Waals surface area (Å²) in [5.74, 6) is -0.175. The van der Waals surface area contributed by atoms with Crippen LogP contribution in [0.15, 0.2) is 72.8 Å². The molecule has 0 spiro atoms. The lowest BCUT2D eigenvalue weighted by Crippen LogP contribution is -2.22. The number of alkyl halides is 3. The van der Waals surface area contributed by atoms with E-state index in [2.05, 4.69) is 22.9 Å². The quantitative estimate of drug-likeness (QED) is 0.203. The summed E-state index contributed by atoms with van der Waals surface area (Å²) >= 11 is 0. The summed E-state index contributed by atoms with van der Waals surface area (Å²) in [5, 5.41) is 8.23. The molecule has 0 atom stereocenters. The van der Waals surface area contributed by atoms with Crippen molar-refractivity contribution in [2.24, 2.45) is 0 Å². The third kappa shape index (κ3) is 9.46. The van der Waals surface area contributed by atoms with Gasteiger partial charge in [-0.2, -0.15) is 13.2 Å². The van der Waals surface area contributed by atoms with Crippen LogP contribution in [0.5, 0.6) is 5.75 Å². The number of nitrogens with one attached hydrogen (secondary N) is 3. The van der Waals surface area contributed by atoms with Crippen LogP contribution in [-0.4, -0.2) is 25.0 Å². The molecule has 0 aromatic heterocycles. The van der Waals surface area contributed by atoms with Gasteiger partial charge in [-0.25, -0.2) is 0 Å². The van der Waals surface area contributed by atoms with E-state index in [1.165, 1.54) is 43.5 Å². The number of carbonyl (C=O) groups is 2. The standard InChI is InChI=1S/C29H32F3N3O3/c1-2-3-4-5-6-16-38-26-15-9-14-25(19-26)34-27(36)20-33-23-12-7-10-21(17-23)28(37)35-24-13-8-11-22(18-24)29(30,31)32/h7-15,17-19,33H,2-6,16,20H2,1H3,(H,34,36)(H,35,37). The molecule has 0 heterocycles. The third-order valence-electron chi connectivity index (χ3n) is 5.66. The smallest absolute Gasteiger partial charge is 0.416 e. The molecule has 0 aliphatic carbocycles. The molecule has 38 heavy (non-hydrogen) atoms. The normalized spacial score (nSPS) is 11.1. The Morgan fingerprint density at radius 3 is 2.24 bits per heavy atom. The van der Waals surface area contributed by atoms with E-state index in [0.29, 0.717) is 23.7 Å². The maximum Gasteiger partial charge on any atom is 0.416 e. The zero-order chi connectivity index (χ0) is 27.4. The van der Waals surface area contributed by atoms with Crippen LogP contribution in [0.3, 0.4) is 0 Å². The van der Waals surface area contributed by atoms with Gasteiger partial charge >= 0.3 is 6.18 Å². The number of amides is 2. The molecule has 3 aromatic carbocycles. The third-order valence-corrected chi connectivity index (χ3v) is 5.66. The van der Waals surface area contributed by atoms with Crippen molar-refractivity contribution in [3.8, 4) is 5.75 Å². The molecule has 0 aliphatic heterocycles. The summed E-state index contributed by atoms with van der Waals surface area (Å²) in [6.45, 7) is 2.75. The van der Waals surface area contributed by atoms with E-state index in [9.17, 15) is 22.8 Å². The molecule has 0 saturated carbocycles. The van der Waals surface area contributed by atoms with E-state index in [1.807, 2.05) is 12.1 Å². The van der Waals surface area contributed by atoms with Crippen LogP contribution in [0.4, 0.5) is 30.2 Å². The second-order valence-electron chi connectivity index (χ2n) is 8.81. The van der Waals surface area contributed by atoms with E-state index in [1.54, 1.807) is 24.3 Å². The monoisotopic (exact) mass is 527 g/mol. The number of anilines is 3. The van der Waals surface area contributed by atoms with Gasteiger partial charge in [0.15, 0.2) is 0 Å². The second kappa shape index (κ2) is 14.1.